The van der Waals surface area contributed by atoms with Gasteiger partial charge in [-0.2, -0.15) is 11.8 Å². The second-order valence-electron chi connectivity index (χ2n) is 3.01. The molecule has 0 radical (unpaired) electrons. The summed E-state index contributed by atoms with van der Waals surface area (Å²) in [6.07, 6.45) is 5.50. The van der Waals surface area contributed by atoms with E-state index in [2.05, 4.69) is 39.5 Å². The van der Waals surface area contributed by atoms with Crippen LogP contribution in [0.15, 0.2) is 24.3 Å². The smallest absolute Gasteiger partial charge is 0.0000885 e. The van der Waals surface area contributed by atoms with Crippen molar-refractivity contribution in [3.63, 3.8) is 0 Å². The first-order chi connectivity index (χ1) is 5.72. The van der Waals surface area contributed by atoms with Gasteiger partial charge in [0.2, 0.25) is 0 Å². The van der Waals surface area contributed by atoms with Crippen LogP contribution < -0.4 is 0 Å². The van der Waals surface area contributed by atoms with E-state index in [-0.39, 0.29) is 0 Å². The molecule has 0 amide bonds. The van der Waals surface area contributed by atoms with Crippen molar-refractivity contribution in [2.75, 3.05) is 11.5 Å². The van der Waals surface area contributed by atoms with Gasteiger partial charge in [-0.05, 0) is 31.9 Å². The molecule has 0 saturated heterocycles. The van der Waals surface area contributed by atoms with E-state index in [0.29, 0.717) is 5.92 Å². The quantitative estimate of drug-likeness (QED) is 0.564. The summed E-state index contributed by atoms with van der Waals surface area (Å²) < 4.78 is 0. The zero-order valence-electron chi connectivity index (χ0n) is 8.47. The molecule has 0 aromatic rings. The van der Waals surface area contributed by atoms with E-state index >= 15 is 0 Å². The highest BCUT2D eigenvalue weighted by Crippen LogP contribution is 2.19. The highest BCUT2D eigenvalue weighted by atomic mass is 32.2. The second kappa shape index (κ2) is 7.48. The summed E-state index contributed by atoms with van der Waals surface area (Å²) in [6.45, 7) is 10.4. The maximum Gasteiger partial charge on any atom is 0.0000885 e. The van der Waals surface area contributed by atoms with Gasteiger partial charge in [-0.15, -0.1) is 0 Å². The normalized spacial score (nSPS) is 13.6. The molecule has 12 heavy (non-hydrogen) atoms. The molecular weight excluding hydrogens is 164 g/mol. The van der Waals surface area contributed by atoms with Gasteiger partial charge in [-0.25, -0.2) is 0 Å². The van der Waals surface area contributed by atoms with Crippen LogP contribution in [-0.4, -0.2) is 11.5 Å². The average Bonchev–Trinajstić information content (AvgIpc) is 2.04. The summed E-state index contributed by atoms with van der Waals surface area (Å²) >= 11 is 2.00. The lowest BCUT2D eigenvalue weighted by molar-refractivity contribution is 0.709. The summed E-state index contributed by atoms with van der Waals surface area (Å²) in [7, 11) is 0. The largest absolute Gasteiger partial charge is 0.162 e. The molecule has 0 aliphatic rings. The topological polar surface area (TPSA) is 0 Å². The summed E-state index contributed by atoms with van der Waals surface area (Å²) in [6, 6.07) is 0. The van der Waals surface area contributed by atoms with Crippen LogP contribution in [0.5, 0.6) is 0 Å². The average molecular weight is 184 g/mol. The van der Waals surface area contributed by atoms with E-state index in [9.17, 15) is 0 Å². The van der Waals surface area contributed by atoms with Gasteiger partial charge in [0.15, 0.2) is 0 Å². The summed E-state index contributed by atoms with van der Waals surface area (Å²) in [5.74, 6) is 3.10. The fourth-order valence-electron chi connectivity index (χ4n) is 0.972. The highest BCUT2D eigenvalue weighted by Gasteiger charge is 2.06. The lowest BCUT2D eigenvalue weighted by atomic mass is 10.0. The van der Waals surface area contributed by atoms with Crippen LogP contribution in [0.2, 0.25) is 0 Å². The minimum atomic E-state index is 0.672. The Balaban J connectivity index is 3.78. The predicted octanol–water partition coefficient (Wildman–Crippen LogP) is 3.90. The molecule has 1 unspecified atom stereocenters. The molecule has 0 spiro atoms. The fourth-order valence-corrected chi connectivity index (χ4v) is 1.91. The van der Waals surface area contributed by atoms with Crippen molar-refractivity contribution in [1.82, 2.24) is 0 Å². The highest BCUT2D eigenvalue weighted by molar-refractivity contribution is 7.99. The van der Waals surface area contributed by atoms with Gasteiger partial charge in [-0.1, -0.05) is 31.2 Å². The van der Waals surface area contributed by atoms with Gasteiger partial charge >= 0.3 is 0 Å². The second-order valence-corrected chi connectivity index (χ2v) is 4.33. The Morgan fingerprint density at radius 3 is 2.67 bits per heavy atom. The zero-order valence-corrected chi connectivity index (χ0v) is 9.29. The van der Waals surface area contributed by atoms with Crippen molar-refractivity contribution in [3.05, 3.63) is 24.3 Å². The van der Waals surface area contributed by atoms with Crippen molar-refractivity contribution in [1.29, 1.82) is 0 Å². The van der Waals surface area contributed by atoms with Gasteiger partial charge < -0.3 is 0 Å². The van der Waals surface area contributed by atoms with E-state index in [4.69, 9.17) is 0 Å². The molecule has 1 atom stereocenters. The number of allylic oxidation sites excluding steroid dienone is 3. The molecule has 0 bridgehead atoms. The fraction of sp³-hybridized carbons (Fsp3) is 0.636. The van der Waals surface area contributed by atoms with Crippen molar-refractivity contribution in [2.24, 2.45) is 5.92 Å². The maximum absolute atomic E-state index is 4.01. The van der Waals surface area contributed by atoms with E-state index in [1.165, 1.54) is 17.1 Å². The standard InChI is InChI=1S/C11H20S/c1-5-7-8-11(10(3)4)9-12-6-2/h5,7,11H,3,6,8-9H2,1-2,4H3/b7-5-. The molecule has 0 N–H and O–H groups in total. The predicted molar refractivity (Wildman–Crippen MR) is 60.7 cm³/mol. The lowest BCUT2D eigenvalue weighted by Gasteiger charge is -2.13. The van der Waals surface area contributed by atoms with Crippen molar-refractivity contribution in [3.8, 4) is 0 Å². The van der Waals surface area contributed by atoms with Gasteiger partial charge in [0.1, 0.15) is 0 Å². The first kappa shape index (κ1) is 11.8. The SMILES string of the molecule is C=C(C)C(C/C=C\C)CSCC. The van der Waals surface area contributed by atoms with Crippen LogP contribution in [0.4, 0.5) is 0 Å². The van der Waals surface area contributed by atoms with Crippen LogP contribution in [0.1, 0.15) is 27.2 Å². The third-order valence-electron chi connectivity index (χ3n) is 1.88. The molecular formula is C11H20S. The van der Waals surface area contributed by atoms with Gasteiger partial charge in [0, 0.05) is 5.75 Å². The molecule has 0 aliphatic carbocycles. The Bertz CT molecular complexity index is 147. The number of hydrogen-bond acceptors (Lipinski definition) is 1. The van der Waals surface area contributed by atoms with Gasteiger partial charge in [0.25, 0.3) is 0 Å². The molecule has 1 heteroatoms. The van der Waals surface area contributed by atoms with E-state index in [0.717, 1.165) is 6.42 Å². The Morgan fingerprint density at radius 1 is 1.58 bits per heavy atom. The Kier molecular flexibility index (Phi) is 7.37. The molecule has 0 nitrogen and oxygen atoms in total. The summed E-state index contributed by atoms with van der Waals surface area (Å²) in [5, 5.41) is 0. The molecule has 0 fully saturated rings. The third-order valence-corrected chi connectivity index (χ3v) is 2.92. The monoisotopic (exact) mass is 184 g/mol. The maximum atomic E-state index is 4.01. The first-order valence-corrected chi connectivity index (χ1v) is 5.72. The molecule has 0 heterocycles. The number of rotatable bonds is 6. The van der Waals surface area contributed by atoms with Crippen molar-refractivity contribution in [2.45, 2.75) is 27.2 Å². The number of thioether (sulfide) groups is 1. The van der Waals surface area contributed by atoms with E-state index in [1.807, 2.05) is 11.8 Å². The van der Waals surface area contributed by atoms with E-state index in [1.54, 1.807) is 0 Å². The minimum absolute atomic E-state index is 0.672. The van der Waals surface area contributed by atoms with Crippen LogP contribution >= 0.6 is 11.8 Å². The molecule has 0 aliphatic heterocycles. The van der Waals surface area contributed by atoms with Gasteiger partial charge in [0.05, 0.1) is 0 Å². The Morgan fingerprint density at radius 2 is 2.25 bits per heavy atom. The zero-order chi connectivity index (χ0) is 9.40. The summed E-state index contributed by atoms with van der Waals surface area (Å²) in [5.41, 5.74) is 1.31. The van der Waals surface area contributed by atoms with E-state index < -0.39 is 0 Å². The van der Waals surface area contributed by atoms with Crippen LogP contribution in [0.25, 0.3) is 0 Å². The van der Waals surface area contributed by atoms with Crippen LogP contribution in [-0.2, 0) is 0 Å². The summed E-state index contributed by atoms with van der Waals surface area (Å²) in [4.78, 5) is 0. The molecule has 0 rings (SSSR count). The molecule has 70 valence electrons. The third kappa shape index (κ3) is 5.48. The number of hydrogen-bond donors (Lipinski definition) is 0. The Hall–Kier alpha value is -0.170. The molecule has 0 aromatic heterocycles. The van der Waals surface area contributed by atoms with Crippen LogP contribution in [0.3, 0.4) is 0 Å². The lowest BCUT2D eigenvalue weighted by Crippen LogP contribution is -2.03. The first-order valence-electron chi connectivity index (χ1n) is 4.56. The van der Waals surface area contributed by atoms with Gasteiger partial charge in [-0.3, -0.25) is 0 Å². The Labute approximate surface area is 81.1 Å². The van der Waals surface area contributed by atoms with Crippen molar-refractivity contribution >= 4 is 11.8 Å². The molecule has 0 saturated carbocycles. The minimum Gasteiger partial charge on any atom is -0.162 e. The molecule has 0 aromatic carbocycles. The van der Waals surface area contributed by atoms with Crippen molar-refractivity contribution < 1.29 is 0 Å². The van der Waals surface area contributed by atoms with Crippen LogP contribution in [0, 0.1) is 5.92 Å².